The minimum atomic E-state index is -1.18. The molecule has 168 valence electrons. The first-order chi connectivity index (χ1) is 15.1. The number of aliphatic hydroxyl groups is 1. The normalized spacial score (nSPS) is 19.6. The van der Waals surface area contributed by atoms with E-state index in [9.17, 15) is 19.5 Å². The maximum absolute atomic E-state index is 13.4. The number of hydrogen-bond donors (Lipinski definition) is 2. The second kappa shape index (κ2) is 8.22. The van der Waals surface area contributed by atoms with Crippen LogP contribution in [0.5, 0.6) is 0 Å². The van der Waals surface area contributed by atoms with Gasteiger partial charge in [0.05, 0.1) is 17.8 Å². The fourth-order valence-electron chi connectivity index (χ4n) is 4.02. The van der Waals surface area contributed by atoms with Gasteiger partial charge >= 0.3 is 0 Å². The number of halogens is 1. The Labute approximate surface area is 192 Å². The second-order valence-corrected chi connectivity index (χ2v) is 9.76. The molecule has 4 rings (SSSR count). The molecule has 1 saturated heterocycles. The molecule has 0 bridgehead atoms. The molecule has 0 saturated carbocycles. The molecule has 2 aliphatic heterocycles. The van der Waals surface area contributed by atoms with Crippen LogP contribution in [-0.2, 0) is 9.59 Å². The highest BCUT2D eigenvalue weighted by molar-refractivity contribution is 6.30. The van der Waals surface area contributed by atoms with Crippen LogP contribution in [-0.4, -0.2) is 64.4 Å². The van der Waals surface area contributed by atoms with Crippen LogP contribution >= 0.6 is 11.6 Å². The number of anilines is 1. The molecule has 2 atom stereocenters. The zero-order valence-electron chi connectivity index (χ0n) is 18.3. The van der Waals surface area contributed by atoms with Gasteiger partial charge in [0.1, 0.15) is 12.1 Å². The van der Waals surface area contributed by atoms with Crippen molar-refractivity contribution < 1.29 is 19.5 Å². The first-order valence-electron chi connectivity index (χ1n) is 10.5. The summed E-state index contributed by atoms with van der Waals surface area (Å²) in [4.78, 5) is 42.1. The highest BCUT2D eigenvalue weighted by Gasteiger charge is 2.42. The average Bonchev–Trinajstić information content (AvgIpc) is 2.86. The fourth-order valence-corrected chi connectivity index (χ4v) is 4.14. The van der Waals surface area contributed by atoms with Crippen molar-refractivity contribution in [1.82, 2.24) is 9.80 Å². The smallest absolute Gasteiger partial charge is 0.256 e. The fraction of sp³-hybridized carbons (Fsp3) is 0.375. The van der Waals surface area contributed by atoms with Gasteiger partial charge in [0.2, 0.25) is 5.91 Å². The van der Waals surface area contributed by atoms with E-state index in [2.05, 4.69) is 5.32 Å². The predicted molar refractivity (Wildman–Crippen MR) is 122 cm³/mol. The molecule has 7 nitrogen and oxygen atoms in total. The maximum Gasteiger partial charge on any atom is 0.256 e. The quantitative estimate of drug-likeness (QED) is 0.728. The van der Waals surface area contributed by atoms with Crippen LogP contribution in [0.1, 0.15) is 31.1 Å². The molecule has 3 amide bonds. The Morgan fingerprint density at radius 3 is 2.41 bits per heavy atom. The largest absolute Gasteiger partial charge is 0.383 e. The molecule has 2 aliphatic rings. The number of fused-ring (bicyclic) bond motifs is 2. The van der Waals surface area contributed by atoms with Crippen molar-refractivity contribution >= 4 is 35.0 Å². The Morgan fingerprint density at radius 1 is 1.09 bits per heavy atom. The van der Waals surface area contributed by atoms with Gasteiger partial charge in [-0.2, -0.15) is 0 Å². The van der Waals surface area contributed by atoms with E-state index >= 15 is 0 Å². The highest BCUT2D eigenvalue weighted by atomic mass is 35.5. The molecule has 2 aromatic carbocycles. The van der Waals surface area contributed by atoms with E-state index in [0.717, 1.165) is 11.1 Å². The van der Waals surface area contributed by atoms with Crippen molar-refractivity contribution in [2.75, 3.05) is 25.0 Å². The molecule has 0 unspecified atom stereocenters. The Kier molecular flexibility index (Phi) is 5.73. The van der Waals surface area contributed by atoms with E-state index in [1.165, 1.54) is 9.80 Å². The predicted octanol–water partition coefficient (Wildman–Crippen LogP) is 3.02. The number of benzene rings is 2. The first kappa shape index (κ1) is 22.3. The molecule has 0 aliphatic carbocycles. The summed E-state index contributed by atoms with van der Waals surface area (Å²) in [5.41, 5.74) is 1.97. The number of aliphatic hydroxyl groups excluding tert-OH is 1. The van der Waals surface area contributed by atoms with Crippen molar-refractivity contribution in [3.8, 4) is 11.1 Å². The number of carbonyl (C=O) groups excluding carboxylic acids is 3. The van der Waals surface area contributed by atoms with E-state index in [0.29, 0.717) is 16.3 Å². The van der Waals surface area contributed by atoms with E-state index in [-0.39, 0.29) is 31.4 Å². The third-order valence-electron chi connectivity index (χ3n) is 6.00. The molecule has 2 heterocycles. The topological polar surface area (TPSA) is 89.9 Å². The van der Waals surface area contributed by atoms with Gasteiger partial charge in [-0.15, -0.1) is 0 Å². The second-order valence-electron chi connectivity index (χ2n) is 9.32. The van der Waals surface area contributed by atoms with Gasteiger partial charge in [-0.3, -0.25) is 14.4 Å². The summed E-state index contributed by atoms with van der Waals surface area (Å²) >= 11 is 5.98. The van der Waals surface area contributed by atoms with E-state index in [1.807, 2.05) is 18.2 Å². The van der Waals surface area contributed by atoms with Crippen LogP contribution < -0.4 is 5.32 Å². The summed E-state index contributed by atoms with van der Waals surface area (Å²) in [7, 11) is 0. The molecule has 1 fully saturated rings. The lowest BCUT2D eigenvalue weighted by Gasteiger charge is -2.41. The third kappa shape index (κ3) is 4.10. The minimum Gasteiger partial charge on any atom is -0.383 e. The zero-order valence-corrected chi connectivity index (χ0v) is 19.0. The molecule has 0 radical (unpaired) electrons. The molecular formula is C24H26ClN3O4. The standard InChI is InChI=1S/C24H26ClN3O4/c1-24(2,3)20(29)23(32)27-10-11-28-19(13-27)21(30)26-18-9-6-15(12-17(18)22(28)31)14-4-7-16(25)8-5-14/h4-9,12,19-20,29H,10-11,13H2,1-3H3,(H,26,30)/t19-,20-/m1/s1. The summed E-state index contributed by atoms with van der Waals surface area (Å²) < 4.78 is 0. The van der Waals surface area contributed by atoms with Crippen LogP contribution in [0.3, 0.4) is 0 Å². The molecule has 0 aromatic heterocycles. The van der Waals surface area contributed by atoms with Gasteiger partial charge < -0.3 is 20.2 Å². The summed E-state index contributed by atoms with van der Waals surface area (Å²) in [5, 5.41) is 13.9. The van der Waals surface area contributed by atoms with E-state index < -0.39 is 23.5 Å². The number of nitrogens with one attached hydrogen (secondary N) is 1. The molecule has 2 N–H and O–H groups in total. The van der Waals surface area contributed by atoms with Gasteiger partial charge in [-0.05, 0) is 40.8 Å². The summed E-state index contributed by atoms with van der Waals surface area (Å²) in [6.07, 6.45) is -1.18. The molecule has 0 spiro atoms. The van der Waals surface area contributed by atoms with E-state index in [4.69, 9.17) is 11.6 Å². The number of hydrogen-bond acceptors (Lipinski definition) is 4. The molecule has 2 aromatic rings. The minimum absolute atomic E-state index is 0.0432. The maximum atomic E-state index is 13.4. The molecule has 8 heteroatoms. The van der Waals surface area contributed by atoms with Crippen molar-refractivity contribution in [2.45, 2.75) is 32.9 Å². The first-order valence-corrected chi connectivity index (χ1v) is 10.9. The van der Waals surface area contributed by atoms with Crippen molar-refractivity contribution in [3.05, 3.63) is 53.1 Å². The zero-order chi connectivity index (χ0) is 23.2. The number of carbonyl (C=O) groups is 3. The van der Waals surface area contributed by atoms with Gasteiger partial charge in [-0.25, -0.2) is 0 Å². The lowest BCUT2D eigenvalue weighted by atomic mass is 9.88. The van der Waals surface area contributed by atoms with Crippen LogP contribution in [0, 0.1) is 5.41 Å². The number of amides is 3. The lowest BCUT2D eigenvalue weighted by Crippen LogP contribution is -2.61. The van der Waals surface area contributed by atoms with Gasteiger partial charge in [-0.1, -0.05) is 50.6 Å². The van der Waals surface area contributed by atoms with E-state index in [1.54, 1.807) is 45.0 Å². The third-order valence-corrected chi connectivity index (χ3v) is 6.25. The molecule has 32 heavy (non-hydrogen) atoms. The number of nitrogens with zero attached hydrogens (tertiary/aromatic N) is 2. The van der Waals surface area contributed by atoms with Crippen LogP contribution in [0.15, 0.2) is 42.5 Å². The molecular weight excluding hydrogens is 430 g/mol. The Morgan fingerprint density at radius 2 is 1.75 bits per heavy atom. The Bertz CT molecular complexity index is 1080. The van der Waals surface area contributed by atoms with Crippen LogP contribution in [0.25, 0.3) is 11.1 Å². The van der Waals surface area contributed by atoms with Crippen molar-refractivity contribution in [3.63, 3.8) is 0 Å². The number of piperazine rings is 1. The van der Waals surface area contributed by atoms with Gasteiger partial charge in [0.15, 0.2) is 0 Å². The van der Waals surface area contributed by atoms with Gasteiger partial charge in [0, 0.05) is 18.1 Å². The van der Waals surface area contributed by atoms with Crippen LogP contribution in [0.2, 0.25) is 5.02 Å². The van der Waals surface area contributed by atoms with Gasteiger partial charge in [0.25, 0.3) is 11.8 Å². The summed E-state index contributed by atoms with van der Waals surface area (Å²) in [5.74, 6) is -1.04. The van der Waals surface area contributed by atoms with Crippen LogP contribution in [0.4, 0.5) is 5.69 Å². The summed E-state index contributed by atoms with van der Waals surface area (Å²) in [6.45, 7) is 5.85. The highest BCUT2D eigenvalue weighted by Crippen LogP contribution is 2.31. The number of rotatable bonds is 2. The lowest BCUT2D eigenvalue weighted by molar-refractivity contribution is -0.149. The Hall–Kier alpha value is -2.90. The SMILES string of the molecule is CC(C)(C)[C@H](O)C(=O)N1CCN2C(=O)c3cc(-c4ccc(Cl)cc4)ccc3NC(=O)[C@H]2C1. The average molecular weight is 456 g/mol. The van der Waals surface area contributed by atoms with Crippen molar-refractivity contribution in [1.29, 1.82) is 0 Å². The van der Waals surface area contributed by atoms with Crippen molar-refractivity contribution in [2.24, 2.45) is 5.41 Å². The monoisotopic (exact) mass is 455 g/mol. The Balaban J connectivity index is 1.61. The summed E-state index contributed by atoms with van der Waals surface area (Å²) in [6, 6.07) is 11.8.